The molecule has 0 aliphatic carbocycles. The van der Waals surface area contributed by atoms with Crippen LogP contribution >= 0.6 is 0 Å². The van der Waals surface area contributed by atoms with Gasteiger partial charge in [-0.3, -0.25) is 0 Å². The van der Waals surface area contributed by atoms with Crippen LogP contribution < -0.4 is 16.8 Å². The molecule has 3 nitrogen and oxygen atoms in total. The third kappa shape index (κ3) is 11.9. The lowest BCUT2D eigenvalue weighted by Gasteiger charge is -2.00. The molecule has 0 heterocycles. The fourth-order valence-corrected chi connectivity index (χ4v) is 1.43. The van der Waals surface area contributed by atoms with Gasteiger partial charge in [0.15, 0.2) is 0 Å². The Morgan fingerprint density at radius 1 is 0.615 bits per heavy atom. The Morgan fingerprint density at radius 2 is 1.08 bits per heavy atom. The highest BCUT2D eigenvalue weighted by Crippen LogP contribution is 1.89. The van der Waals surface area contributed by atoms with E-state index in [2.05, 4.69) is 16.8 Å². The first-order chi connectivity index (χ1) is 6.41. The standard InChI is InChI=1S/C10H25N3/c11-7-3-1-5-9-13-10-6-2-4-8-12/h13H,1-12H2/p+3. The average molecular weight is 190 g/mol. The predicted octanol–water partition coefficient (Wildman–Crippen LogP) is -1.63. The van der Waals surface area contributed by atoms with Crippen LogP contribution in [0.4, 0.5) is 0 Å². The van der Waals surface area contributed by atoms with Crippen LogP contribution in [0.3, 0.4) is 0 Å². The topological polar surface area (TPSA) is 71.9 Å². The molecule has 0 radical (unpaired) electrons. The maximum absolute atomic E-state index is 3.84. The molecule has 0 saturated carbocycles. The van der Waals surface area contributed by atoms with Gasteiger partial charge in [0.25, 0.3) is 0 Å². The van der Waals surface area contributed by atoms with Gasteiger partial charge >= 0.3 is 0 Å². The summed E-state index contributed by atoms with van der Waals surface area (Å²) in [6.07, 6.45) is 8.05. The van der Waals surface area contributed by atoms with Gasteiger partial charge in [-0.05, 0) is 38.5 Å². The maximum Gasteiger partial charge on any atom is 0.0755 e. The molecule has 0 amide bonds. The Kier molecular flexibility index (Phi) is 11.8. The molecular weight excluding hydrogens is 162 g/mol. The molecule has 0 spiro atoms. The van der Waals surface area contributed by atoms with E-state index in [1.165, 1.54) is 51.6 Å². The first kappa shape index (κ1) is 12.9. The van der Waals surface area contributed by atoms with E-state index in [9.17, 15) is 0 Å². The van der Waals surface area contributed by atoms with Crippen LogP contribution in [0.1, 0.15) is 38.5 Å². The molecule has 0 unspecified atom stereocenters. The summed E-state index contributed by atoms with van der Waals surface area (Å²) in [6.45, 7) is 4.82. The van der Waals surface area contributed by atoms with Crippen molar-refractivity contribution in [3.63, 3.8) is 0 Å². The number of quaternary nitrogens is 3. The second-order valence-corrected chi connectivity index (χ2v) is 3.69. The van der Waals surface area contributed by atoms with E-state index in [1.807, 2.05) is 0 Å². The Balaban J connectivity index is 2.76. The number of hydrogen-bond donors (Lipinski definition) is 3. The minimum absolute atomic E-state index is 1.10. The molecule has 0 atom stereocenters. The van der Waals surface area contributed by atoms with Crippen LogP contribution in [-0.2, 0) is 0 Å². The lowest BCUT2D eigenvalue weighted by Crippen LogP contribution is -2.84. The van der Waals surface area contributed by atoms with Gasteiger partial charge in [0.1, 0.15) is 0 Å². The van der Waals surface area contributed by atoms with Gasteiger partial charge in [-0.2, -0.15) is 0 Å². The fraction of sp³-hybridized carbons (Fsp3) is 1.00. The number of hydrogen-bond acceptors (Lipinski definition) is 0. The maximum atomic E-state index is 3.84. The third-order valence-electron chi connectivity index (χ3n) is 2.32. The summed E-state index contributed by atoms with van der Waals surface area (Å²) < 4.78 is 0. The van der Waals surface area contributed by atoms with E-state index in [0.29, 0.717) is 0 Å². The highest BCUT2D eigenvalue weighted by atomic mass is 14.8. The molecule has 0 aliphatic heterocycles. The van der Waals surface area contributed by atoms with E-state index in [1.54, 1.807) is 0 Å². The van der Waals surface area contributed by atoms with Crippen LogP contribution in [0.2, 0.25) is 0 Å². The summed E-state index contributed by atoms with van der Waals surface area (Å²) in [5.74, 6) is 0. The van der Waals surface area contributed by atoms with Gasteiger partial charge < -0.3 is 16.8 Å². The van der Waals surface area contributed by atoms with Crippen molar-refractivity contribution in [2.75, 3.05) is 26.2 Å². The van der Waals surface area contributed by atoms with Crippen molar-refractivity contribution in [1.29, 1.82) is 0 Å². The summed E-state index contributed by atoms with van der Waals surface area (Å²) in [4.78, 5) is 0. The van der Waals surface area contributed by atoms with Crippen molar-refractivity contribution in [3.05, 3.63) is 0 Å². The molecule has 0 rings (SSSR count). The third-order valence-corrected chi connectivity index (χ3v) is 2.32. The fourth-order valence-electron chi connectivity index (χ4n) is 1.43. The van der Waals surface area contributed by atoms with E-state index in [4.69, 9.17) is 0 Å². The lowest BCUT2D eigenvalue weighted by atomic mass is 10.2. The molecule has 3 heteroatoms. The van der Waals surface area contributed by atoms with Gasteiger partial charge in [-0.1, -0.05) is 0 Å². The number of nitrogens with two attached hydrogens (primary N) is 1. The zero-order valence-electron chi connectivity index (χ0n) is 9.06. The van der Waals surface area contributed by atoms with Crippen LogP contribution in [0.15, 0.2) is 0 Å². The molecule has 8 N–H and O–H groups in total. The van der Waals surface area contributed by atoms with Gasteiger partial charge in [0.2, 0.25) is 0 Å². The molecule has 0 aromatic carbocycles. The summed E-state index contributed by atoms with van der Waals surface area (Å²) in [6, 6.07) is 0. The van der Waals surface area contributed by atoms with Crippen LogP contribution in [-0.4, -0.2) is 26.2 Å². The predicted molar refractivity (Wildman–Crippen MR) is 54.9 cm³/mol. The summed E-state index contributed by atoms with van der Waals surface area (Å²) in [7, 11) is 0. The molecule has 13 heavy (non-hydrogen) atoms. The Morgan fingerprint density at radius 3 is 1.46 bits per heavy atom. The highest BCUT2D eigenvalue weighted by molar-refractivity contribution is 4.38. The molecular formula is C10H28N3+3. The van der Waals surface area contributed by atoms with Crippen molar-refractivity contribution in [2.24, 2.45) is 0 Å². The molecule has 0 aromatic rings. The van der Waals surface area contributed by atoms with Crippen molar-refractivity contribution >= 4 is 0 Å². The second kappa shape index (κ2) is 11.9. The lowest BCUT2D eigenvalue weighted by molar-refractivity contribution is -0.655. The van der Waals surface area contributed by atoms with E-state index in [0.717, 1.165) is 13.1 Å². The SMILES string of the molecule is [NH3+]CCCCC[NH2+]CCCCC[NH3+]. The Hall–Kier alpha value is -0.120. The van der Waals surface area contributed by atoms with Gasteiger partial charge in [0.05, 0.1) is 26.2 Å². The number of rotatable bonds is 10. The largest absolute Gasteiger partial charge is 0.358 e. The average Bonchev–Trinajstić information content (AvgIpc) is 2.16. The number of unbranched alkanes of at least 4 members (excludes halogenated alkanes) is 4. The summed E-state index contributed by atoms with van der Waals surface area (Å²) in [5.41, 5.74) is 7.67. The quantitative estimate of drug-likeness (QED) is 0.346. The van der Waals surface area contributed by atoms with Crippen molar-refractivity contribution in [3.8, 4) is 0 Å². The zero-order chi connectivity index (χ0) is 9.78. The molecule has 0 bridgehead atoms. The van der Waals surface area contributed by atoms with Crippen molar-refractivity contribution in [1.82, 2.24) is 0 Å². The monoisotopic (exact) mass is 190 g/mol. The van der Waals surface area contributed by atoms with Crippen molar-refractivity contribution in [2.45, 2.75) is 38.5 Å². The highest BCUT2D eigenvalue weighted by Gasteiger charge is 1.93. The Bertz CT molecular complexity index is 76.2. The smallest absolute Gasteiger partial charge is 0.0755 e. The van der Waals surface area contributed by atoms with Crippen LogP contribution in [0.5, 0.6) is 0 Å². The van der Waals surface area contributed by atoms with E-state index >= 15 is 0 Å². The first-order valence-electron chi connectivity index (χ1n) is 5.82. The second-order valence-electron chi connectivity index (χ2n) is 3.69. The molecule has 0 aliphatic rings. The van der Waals surface area contributed by atoms with E-state index in [-0.39, 0.29) is 0 Å². The normalized spacial score (nSPS) is 10.6. The van der Waals surface area contributed by atoms with Crippen molar-refractivity contribution < 1.29 is 16.8 Å². The van der Waals surface area contributed by atoms with Gasteiger partial charge in [0, 0.05) is 0 Å². The summed E-state index contributed by atoms with van der Waals surface area (Å²) in [5, 5.41) is 2.45. The van der Waals surface area contributed by atoms with Crippen LogP contribution in [0, 0.1) is 0 Å². The van der Waals surface area contributed by atoms with E-state index < -0.39 is 0 Å². The van der Waals surface area contributed by atoms with Gasteiger partial charge in [-0.25, -0.2) is 0 Å². The van der Waals surface area contributed by atoms with Gasteiger partial charge in [-0.15, -0.1) is 0 Å². The molecule has 0 fully saturated rings. The minimum atomic E-state index is 1.10. The Labute approximate surface area is 82.3 Å². The van der Waals surface area contributed by atoms with Crippen LogP contribution in [0.25, 0.3) is 0 Å². The molecule has 80 valence electrons. The zero-order valence-corrected chi connectivity index (χ0v) is 9.06. The minimum Gasteiger partial charge on any atom is -0.358 e. The molecule has 0 saturated heterocycles. The first-order valence-corrected chi connectivity index (χ1v) is 5.82. The molecule has 0 aromatic heterocycles. The summed E-state index contributed by atoms with van der Waals surface area (Å²) >= 11 is 0.